The van der Waals surface area contributed by atoms with Crippen molar-refractivity contribution in [1.82, 2.24) is 4.98 Å². The second-order valence-corrected chi connectivity index (χ2v) is 3.33. The van der Waals surface area contributed by atoms with Crippen LogP contribution in [0.15, 0.2) is 18.5 Å². The topological polar surface area (TPSA) is 68.5 Å². The summed E-state index contributed by atoms with van der Waals surface area (Å²) >= 11 is 0. The highest BCUT2D eigenvalue weighted by molar-refractivity contribution is 5.95. The van der Waals surface area contributed by atoms with Crippen LogP contribution in [0.2, 0.25) is 0 Å². The Labute approximate surface area is 95.2 Å². The molecule has 0 bridgehead atoms. The van der Waals surface area contributed by atoms with E-state index in [2.05, 4.69) is 4.98 Å². The predicted molar refractivity (Wildman–Crippen MR) is 63.2 cm³/mol. The zero-order valence-electron chi connectivity index (χ0n) is 9.64. The average molecular weight is 223 g/mol. The van der Waals surface area contributed by atoms with E-state index < -0.39 is 0 Å². The molecule has 0 atom stereocenters. The standard InChI is InChI=1S/C11H17N3O2/c1-3-16-7-5-11(15)14(2)10-4-6-13-8-9(10)12/h4,6,8H,3,5,7,12H2,1-2H3. The van der Waals surface area contributed by atoms with Crippen molar-refractivity contribution in [3.8, 4) is 0 Å². The van der Waals surface area contributed by atoms with Gasteiger partial charge < -0.3 is 15.4 Å². The highest BCUT2D eigenvalue weighted by Crippen LogP contribution is 2.20. The lowest BCUT2D eigenvalue weighted by Crippen LogP contribution is -2.27. The van der Waals surface area contributed by atoms with E-state index in [4.69, 9.17) is 10.5 Å². The molecule has 16 heavy (non-hydrogen) atoms. The molecule has 1 aromatic rings. The van der Waals surface area contributed by atoms with E-state index in [9.17, 15) is 4.79 Å². The van der Waals surface area contributed by atoms with Gasteiger partial charge >= 0.3 is 0 Å². The van der Waals surface area contributed by atoms with Gasteiger partial charge in [0.1, 0.15) is 0 Å². The maximum atomic E-state index is 11.7. The first-order chi connectivity index (χ1) is 7.66. The van der Waals surface area contributed by atoms with Gasteiger partial charge in [0.15, 0.2) is 0 Å². The Kier molecular flexibility index (Phi) is 4.72. The summed E-state index contributed by atoms with van der Waals surface area (Å²) < 4.78 is 5.13. The lowest BCUT2D eigenvalue weighted by Gasteiger charge is -2.18. The number of amides is 1. The molecule has 0 fully saturated rings. The summed E-state index contributed by atoms with van der Waals surface area (Å²) in [6.07, 6.45) is 3.49. The molecule has 0 aliphatic carbocycles. The molecule has 0 aliphatic heterocycles. The van der Waals surface area contributed by atoms with Gasteiger partial charge in [-0.1, -0.05) is 0 Å². The van der Waals surface area contributed by atoms with Crippen LogP contribution in [-0.2, 0) is 9.53 Å². The molecule has 1 heterocycles. The van der Waals surface area contributed by atoms with Crippen LogP contribution in [0.5, 0.6) is 0 Å². The fourth-order valence-electron chi connectivity index (χ4n) is 1.31. The minimum Gasteiger partial charge on any atom is -0.396 e. The Hall–Kier alpha value is -1.62. The van der Waals surface area contributed by atoms with Crippen molar-refractivity contribution in [1.29, 1.82) is 0 Å². The maximum Gasteiger partial charge on any atom is 0.229 e. The number of carbonyl (C=O) groups is 1. The minimum atomic E-state index is -0.0219. The van der Waals surface area contributed by atoms with E-state index in [0.717, 1.165) is 0 Å². The van der Waals surface area contributed by atoms with Crippen molar-refractivity contribution in [2.24, 2.45) is 0 Å². The molecule has 0 radical (unpaired) electrons. The zero-order valence-corrected chi connectivity index (χ0v) is 9.64. The number of ether oxygens (including phenoxy) is 1. The smallest absolute Gasteiger partial charge is 0.229 e. The maximum absolute atomic E-state index is 11.7. The van der Waals surface area contributed by atoms with Crippen molar-refractivity contribution < 1.29 is 9.53 Å². The Morgan fingerprint density at radius 1 is 1.62 bits per heavy atom. The monoisotopic (exact) mass is 223 g/mol. The molecule has 0 unspecified atom stereocenters. The van der Waals surface area contributed by atoms with E-state index in [0.29, 0.717) is 31.0 Å². The van der Waals surface area contributed by atoms with Gasteiger partial charge in [-0.25, -0.2) is 0 Å². The highest BCUT2D eigenvalue weighted by atomic mass is 16.5. The predicted octanol–water partition coefficient (Wildman–Crippen LogP) is 1.05. The van der Waals surface area contributed by atoms with E-state index in [-0.39, 0.29) is 5.91 Å². The minimum absolute atomic E-state index is 0.0219. The normalized spacial score (nSPS) is 10.1. The number of carbonyl (C=O) groups excluding carboxylic acids is 1. The number of anilines is 2. The Balaban J connectivity index is 2.60. The number of rotatable bonds is 5. The highest BCUT2D eigenvalue weighted by Gasteiger charge is 2.12. The van der Waals surface area contributed by atoms with Crippen molar-refractivity contribution in [2.45, 2.75) is 13.3 Å². The van der Waals surface area contributed by atoms with E-state index in [1.807, 2.05) is 6.92 Å². The molecule has 5 heteroatoms. The third-order valence-corrected chi connectivity index (χ3v) is 2.23. The third-order valence-electron chi connectivity index (χ3n) is 2.23. The van der Waals surface area contributed by atoms with E-state index >= 15 is 0 Å². The Bertz CT molecular complexity index is 355. The summed E-state index contributed by atoms with van der Waals surface area (Å²) in [4.78, 5) is 17.1. The first kappa shape index (κ1) is 12.4. The number of nitrogens with two attached hydrogens (primary N) is 1. The number of nitrogen functional groups attached to an aromatic ring is 1. The summed E-state index contributed by atoms with van der Waals surface area (Å²) in [6.45, 7) is 2.95. The van der Waals surface area contributed by atoms with Crippen molar-refractivity contribution >= 4 is 17.3 Å². The largest absolute Gasteiger partial charge is 0.396 e. The summed E-state index contributed by atoms with van der Waals surface area (Å²) in [6, 6.07) is 1.72. The van der Waals surface area contributed by atoms with Gasteiger partial charge in [0.2, 0.25) is 5.91 Å². The Morgan fingerprint density at radius 3 is 3.00 bits per heavy atom. The molecule has 0 aromatic carbocycles. The number of hydrogen-bond acceptors (Lipinski definition) is 4. The summed E-state index contributed by atoms with van der Waals surface area (Å²) in [5, 5.41) is 0. The van der Waals surface area contributed by atoms with Crippen LogP contribution in [0, 0.1) is 0 Å². The molecule has 0 saturated carbocycles. The van der Waals surface area contributed by atoms with Crippen LogP contribution in [0.3, 0.4) is 0 Å². The zero-order chi connectivity index (χ0) is 12.0. The van der Waals surface area contributed by atoms with Gasteiger partial charge in [0, 0.05) is 19.9 Å². The van der Waals surface area contributed by atoms with E-state index in [1.165, 1.54) is 11.1 Å². The van der Waals surface area contributed by atoms with Gasteiger partial charge in [0.05, 0.1) is 30.6 Å². The van der Waals surface area contributed by atoms with Crippen LogP contribution in [0.4, 0.5) is 11.4 Å². The number of pyridine rings is 1. The third kappa shape index (κ3) is 3.20. The first-order valence-electron chi connectivity index (χ1n) is 5.20. The molecular weight excluding hydrogens is 206 g/mol. The van der Waals surface area contributed by atoms with Gasteiger partial charge in [-0.15, -0.1) is 0 Å². The molecule has 0 aliphatic rings. The molecular formula is C11H17N3O2. The SMILES string of the molecule is CCOCCC(=O)N(C)c1ccncc1N. The first-order valence-corrected chi connectivity index (χ1v) is 5.20. The molecule has 1 rings (SSSR count). The second kappa shape index (κ2) is 6.07. The van der Waals surface area contributed by atoms with Gasteiger partial charge in [0.25, 0.3) is 0 Å². The van der Waals surface area contributed by atoms with Gasteiger partial charge in [-0.05, 0) is 13.0 Å². The average Bonchev–Trinajstić information content (AvgIpc) is 2.29. The summed E-state index contributed by atoms with van der Waals surface area (Å²) in [5.74, 6) is -0.0219. The lowest BCUT2D eigenvalue weighted by atomic mass is 10.3. The number of nitrogens with zero attached hydrogens (tertiary/aromatic N) is 2. The second-order valence-electron chi connectivity index (χ2n) is 3.33. The van der Waals surface area contributed by atoms with Crippen molar-refractivity contribution in [3.63, 3.8) is 0 Å². The number of hydrogen-bond donors (Lipinski definition) is 1. The van der Waals surface area contributed by atoms with Crippen LogP contribution < -0.4 is 10.6 Å². The van der Waals surface area contributed by atoms with Crippen LogP contribution in [-0.4, -0.2) is 31.2 Å². The van der Waals surface area contributed by atoms with Crippen LogP contribution in [0.25, 0.3) is 0 Å². The number of aromatic nitrogens is 1. The van der Waals surface area contributed by atoms with Gasteiger partial charge in [-0.3, -0.25) is 9.78 Å². The summed E-state index contributed by atoms with van der Waals surface area (Å²) in [5.41, 5.74) is 6.90. The molecule has 0 saturated heterocycles. The van der Waals surface area contributed by atoms with Crippen molar-refractivity contribution in [2.75, 3.05) is 30.9 Å². The lowest BCUT2D eigenvalue weighted by molar-refractivity contribution is -0.119. The van der Waals surface area contributed by atoms with E-state index in [1.54, 1.807) is 19.3 Å². The van der Waals surface area contributed by atoms with Crippen molar-refractivity contribution in [3.05, 3.63) is 18.5 Å². The fourth-order valence-corrected chi connectivity index (χ4v) is 1.31. The fraction of sp³-hybridized carbons (Fsp3) is 0.455. The van der Waals surface area contributed by atoms with Gasteiger partial charge in [-0.2, -0.15) is 0 Å². The molecule has 88 valence electrons. The molecule has 1 amide bonds. The van der Waals surface area contributed by atoms with Crippen LogP contribution in [0.1, 0.15) is 13.3 Å². The molecule has 0 spiro atoms. The Morgan fingerprint density at radius 2 is 2.38 bits per heavy atom. The molecule has 5 nitrogen and oxygen atoms in total. The van der Waals surface area contributed by atoms with Crippen LogP contribution >= 0.6 is 0 Å². The summed E-state index contributed by atoms with van der Waals surface area (Å²) in [7, 11) is 1.69. The quantitative estimate of drug-likeness (QED) is 0.758. The molecule has 1 aromatic heterocycles. The molecule has 2 N–H and O–H groups in total.